The van der Waals surface area contributed by atoms with Crippen LogP contribution < -0.4 is 0 Å². The lowest BCUT2D eigenvalue weighted by Crippen LogP contribution is -2.49. The van der Waals surface area contributed by atoms with Crippen LogP contribution in [-0.4, -0.2) is 5.71 Å². The predicted octanol–water partition coefficient (Wildman–Crippen LogP) is 4.40. The van der Waals surface area contributed by atoms with E-state index in [4.69, 9.17) is 5.41 Å². The van der Waals surface area contributed by atoms with E-state index in [0.29, 0.717) is 5.92 Å². The molecule has 24 heavy (non-hydrogen) atoms. The number of nitriles is 3. The summed E-state index contributed by atoms with van der Waals surface area (Å²) in [7, 11) is 0. The molecular formula is C19H18N4S. The summed E-state index contributed by atoms with van der Waals surface area (Å²) in [6, 6.07) is 10.3. The molecule has 1 unspecified atom stereocenters. The molecule has 4 atom stereocenters. The van der Waals surface area contributed by atoms with Gasteiger partial charge in [0.25, 0.3) is 0 Å². The first-order valence-corrected chi connectivity index (χ1v) is 9.05. The first kappa shape index (κ1) is 16.4. The number of nitrogens with one attached hydrogen (secondary N) is 1. The Morgan fingerprint density at radius 3 is 2.62 bits per heavy atom. The monoisotopic (exact) mass is 334 g/mol. The first-order chi connectivity index (χ1) is 11.6. The van der Waals surface area contributed by atoms with Crippen LogP contribution in [0.25, 0.3) is 0 Å². The summed E-state index contributed by atoms with van der Waals surface area (Å²) in [5, 5.41) is 39.8. The van der Waals surface area contributed by atoms with Gasteiger partial charge in [-0.15, -0.1) is 11.3 Å². The molecule has 1 saturated carbocycles. The van der Waals surface area contributed by atoms with Crippen LogP contribution >= 0.6 is 11.3 Å². The molecular weight excluding hydrogens is 316 g/mol. The van der Waals surface area contributed by atoms with Gasteiger partial charge in [0.15, 0.2) is 5.41 Å². The summed E-state index contributed by atoms with van der Waals surface area (Å²) in [5.41, 5.74) is -0.652. The molecule has 4 nitrogen and oxygen atoms in total. The zero-order valence-corrected chi connectivity index (χ0v) is 14.3. The van der Waals surface area contributed by atoms with Gasteiger partial charge in [0, 0.05) is 10.8 Å². The van der Waals surface area contributed by atoms with E-state index in [9.17, 15) is 15.8 Å². The number of rotatable bonds is 2. The van der Waals surface area contributed by atoms with Crippen molar-refractivity contribution in [2.75, 3.05) is 0 Å². The van der Waals surface area contributed by atoms with Gasteiger partial charge in [-0.1, -0.05) is 25.5 Å². The Labute approximate surface area is 146 Å². The number of nitrogens with zero attached hydrogens (tertiary/aromatic N) is 3. The van der Waals surface area contributed by atoms with Crippen molar-refractivity contribution in [1.82, 2.24) is 0 Å². The van der Waals surface area contributed by atoms with Crippen LogP contribution in [0.5, 0.6) is 0 Å². The summed E-state index contributed by atoms with van der Waals surface area (Å²) in [4.78, 5) is 0.965. The Morgan fingerprint density at radius 1 is 1.33 bits per heavy atom. The quantitative estimate of drug-likeness (QED) is 0.812. The van der Waals surface area contributed by atoms with Crippen molar-refractivity contribution >= 4 is 17.0 Å². The lowest BCUT2D eigenvalue weighted by atomic mass is 9.53. The smallest absolute Gasteiger partial charge is 0.190 e. The van der Waals surface area contributed by atoms with Gasteiger partial charge in [0.1, 0.15) is 5.92 Å². The maximum Gasteiger partial charge on any atom is 0.190 e. The van der Waals surface area contributed by atoms with E-state index in [1.807, 2.05) is 17.5 Å². The highest BCUT2D eigenvalue weighted by atomic mass is 32.1. The maximum absolute atomic E-state index is 9.87. The van der Waals surface area contributed by atoms with Crippen molar-refractivity contribution in [3.63, 3.8) is 0 Å². The van der Waals surface area contributed by atoms with Gasteiger partial charge >= 0.3 is 0 Å². The number of thiophene rings is 1. The number of hydrogen-bond acceptors (Lipinski definition) is 5. The molecule has 0 bridgehead atoms. The van der Waals surface area contributed by atoms with Crippen LogP contribution in [0.15, 0.2) is 29.2 Å². The molecule has 2 aliphatic carbocycles. The summed E-state index contributed by atoms with van der Waals surface area (Å²) in [6.07, 6.45) is 4.93. The fourth-order valence-corrected chi connectivity index (χ4v) is 5.17. The fourth-order valence-electron chi connectivity index (χ4n) is 4.21. The van der Waals surface area contributed by atoms with E-state index in [-0.39, 0.29) is 17.5 Å². The SMILES string of the molecule is CC[C@@H]1CC=C2C(C#N)C(=N)C(C#N)(C#N)[C@@H](c3cccs3)[C@@H]2C1. The molecule has 5 heteroatoms. The second-order valence-electron chi connectivity index (χ2n) is 6.56. The van der Waals surface area contributed by atoms with Crippen LogP contribution in [0.1, 0.15) is 37.0 Å². The van der Waals surface area contributed by atoms with Crippen LogP contribution in [0.4, 0.5) is 0 Å². The van der Waals surface area contributed by atoms with E-state index >= 15 is 0 Å². The Hall–Kier alpha value is -2.42. The second kappa shape index (κ2) is 6.23. The highest BCUT2D eigenvalue weighted by Crippen LogP contribution is 2.56. The largest absolute Gasteiger partial charge is 0.305 e. The minimum absolute atomic E-state index is 0.0135. The minimum atomic E-state index is -1.55. The Kier molecular flexibility index (Phi) is 4.27. The van der Waals surface area contributed by atoms with Gasteiger partial charge < -0.3 is 5.41 Å². The van der Waals surface area contributed by atoms with Crippen LogP contribution in [-0.2, 0) is 0 Å². The van der Waals surface area contributed by atoms with Gasteiger partial charge in [0.2, 0.25) is 0 Å². The lowest BCUT2D eigenvalue weighted by molar-refractivity contribution is 0.273. The summed E-state index contributed by atoms with van der Waals surface area (Å²) in [5.74, 6) is -0.614. The third kappa shape index (κ3) is 2.19. The number of hydrogen-bond donors (Lipinski definition) is 1. The van der Waals surface area contributed by atoms with Crippen molar-refractivity contribution in [2.24, 2.45) is 23.2 Å². The third-order valence-corrected chi connectivity index (χ3v) is 6.48. The van der Waals surface area contributed by atoms with Gasteiger partial charge in [-0.2, -0.15) is 15.8 Å². The number of allylic oxidation sites excluding steroid dienone is 2. The standard InChI is InChI=1S/C19H18N4S/c1-2-12-5-6-13-14(8-12)17(16-4-3-7-24-16)19(10-21,11-22)18(23)15(13)9-20/h3-4,6-7,12,14-15,17,23H,2,5,8H2,1H3/t12-,14-,15?,17-/m1/s1. The molecule has 1 fully saturated rings. The summed E-state index contributed by atoms with van der Waals surface area (Å²) in [6.45, 7) is 2.15. The molecule has 120 valence electrons. The molecule has 0 aromatic carbocycles. The van der Waals surface area contributed by atoms with E-state index in [1.165, 1.54) is 11.3 Å². The van der Waals surface area contributed by atoms with Gasteiger partial charge in [-0.05, 0) is 41.7 Å². The van der Waals surface area contributed by atoms with Crippen LogP contribution in [0.3, 0.4) is 0 Å². The molecule has 1 aromatic heterocycles. The second-order valence-corrected chi connectivity index (χ2v) is 7.54. The van der Waals surface area contributed by atoms with E-state index in [0.717, 1.165) is 29.7 Å². The Morgan fingerprint density at radius 2 is 2.08 bits per heavy atom. The molecule has 1 N–H and O–H groups in total. The molecule has 0 saturated heterocycles. The highest BCUT2D eigenvalue weighted by molar-refractivity contribution is 7.10. The van der Waals surface area contributed by atoms with Crippen molar-refractivity contribution < 1.29 is 0 Å². The average molecular weight is 334 g/mol. The molecule has 1 heterocycles. The molecule has 0 spiro atoms. The number of fused-ring (bicyclic) bond motifs is 1. The highest BCUT2D eigenvalue weighted by Gasteiger charge is 2.57. The van der Waals surface area contributed by atoms with E-state index < -0.39 is 11.3 Å². The predicted molar refractivity (Wildman–Crippen MR) is 92.1 cm³/mol. The van der Waals surface area contributed by atoms with Crippen molar-refractivity contribution in [2.45, 2.75) is 32.1 Å². The molecule has 3 rings (SSSR count). The average Bonchev–Trinajstić information content (AvgIpc) is 3.14. The molecule has 0 radical (unpaired) electrons. The fraction of sp³-hybridized carbons (Fsp3) is 0.474. The van der Waals surface area contributed by atoms with Gasteiger partial charge in [-0.25, -0.2) is 0 Å². The normalized spacial score (nSPS) is 31.1. The summed E-state index contributed by atoms with van der Waals surface area (Å²) >= 11 is 1.53. The summed E-state index contributed by atoms with van der Waals surface area (Å²) < 4.78 is 0. The molecule has 0 amide bonds. The van der Waals surface area contributed by atoms with E-state index in [2.05, 4.69) is 31.2 Å². The van der Waals surface area contributed by atoms with Gasteiger partial charge in [0.05, 0.1) is 23.9 Å². The van der Waals surface area contributed by atoms with Crippen LogP contribution in [0, 0.1) is 62.6 Å². The first-order valence-electron chi connectivity index (χ1n) is 8.17. The molecule has 1 aromatic rings. The van der Waals surface area contributed by atoms with Crippen molar-refractivity contribution in [3.05, 3.63) is 34.0 Å². The third-order valence-electron chi connectivity index (χ3n) is 5.53. The molecule has 0 aliphatic heterocycles. The Balaban J connectivity index is 2.23. The zero-order valence-electron chi connectivity index (χ0n) is 13.5. The minimum Gasteiger partial charge on any atom is -0.305 e. The zero-order chi connectivity index (χ0) is 17.3. The Bertz CT molecular complexity index is 786. The molecule has 2 aliphatic rings. The lowest BCUT2D eigenvalue weighted by Gasteiger charge is -2.46. The van der Waals surface area contributed by atoms with Crippen molar-refractivity contribution in [3.8, 4) is 18.2 Å². The van der Waals surface area contributed by atoms with E-state index in [1.54, 1.807) is 0 Å². The van der Waals surface area contributed by atoms with Crippen molar-refractivity contribution in [1.29, 1.82) is 21.2 Å². The topological polar surface area (TPSA) is 95.2 Å². The van der Waals surface area contributed by atoms with Crippen LogP contribution in [0.2, 0.25) is 0 Å². The maximum atomic E-state index is 9.87. The van der Waals surface area contributed by atoms with Gasteiger partial charge in [-0.3, -0.25) is 0 Å².